The monoisotopic (exact) mass is 268 g/mol. The van der Waals surface area contributed by atoms with Gasteiger partial charge in [-0.1, -0.05) is 87.4 Å². The number of aryl methyl sites for hydroxylation is 2. The van der Waals surface area contributed by atoms with Crippen LogP contribution >= 0.6 is 0 Å². The Labute approximate surface area is 124 Å². The SMILES string of the molecule is Cc1cccc(C(C)C)c1.Cc1cccc(C(C)C)c1. The molecule has 2 rings (SSSR count). The lowest BCUT2D eigenvalue weighted by Crippen LogP contribution is -1.86. The standard InChI is InChI=1S/2C10H14/c2*1-8(2)10-6-4-5-9(3)7-10/h2*4-8H,1-3H3. The van der Waals surface area contributed by atoms with E-state index in [9.17, 15) is 0 Å². The highest BCUT2D eigenvalue weighted by atomic mass is 14.0. The molecule has 0 aliphatic rings. The number of hydrogen-bond acceptors (Lipinski definition) is 0. The molecule has 0 saturated carbocycles. The van der Waals surface area contributed by atoms with Crippen molar-refractivity contribution in [2.75, 3.05) is 0 Å². The van der Waals surface area contributed by atoms with Gasteiger partial charge in [0.2, 0.25) is 0 Å². The highest BCUT2D eigenvalue weighted by Gasteiger charge is 1.96. The molecule has 0 radical (unpaired) electrons. The molecule has 0 N–H and O–H groups in total. The van der Waals surface area contributed by atoms with Crippen molar-refractivity contribution in [3.8, 4) is 0 Å². The lowest BCUT2D eigenvalue weighted by atomic mass is 10.0. The Morgan fingerprint density at radius 1 is 0.600 bits per heavy atom. The minimum absolute atomic E-state index is 0.653. The second-order valence-corrected chi connectivity index (χ2v) is 6.14. The largest absolute Gasteiger partial charge is 0.0617 e. The molecule has 0 fully saturated rings. The molecule has 0 atom stereocenters. The van der Waals surface area contributed by atoms with E-state index in [1.807, 2.05) is 0 Å². The number of hydrogen-bond donors (Lipinski definition) is 0. The molecule has 0 aromatic heterocycles. The van der Waals surface area contributed by atoms with Crippen molar-refractivity contribution >= 4 is 0 Å². The minimum atomic E-state index is 0.653. The van der Waals surface area contributed by atoms with Gasteiger partial charge in [0.25, 0.3) is 0 Å². The Bertz CT molecular complexity index is 472. The van der Waals surface area contributed by atoms with Gasteiger partial charge >= 0.3 is 0 Å². The summed E-state index contributed by atoms with van der Waals surface area (Å²) in [7, 11) is 0. The summed E-state index contributed by atoms with van der Waals surface area (Å²) in [5, 5.41) is 0. The molecule has 2 aromatic carbocycles. The molecular formula is C20H28. The number of benzene rings is 2. The lowest BCUT2D eigenvalue weighted by molar-refractivity contribution is 0.865. The van der Waals surface area contributed by atoms with Crippen LogP contribution in [0.25, 0.3) is 0 Å². The molecule has 0 bridgehead atoms. The summed E-state index contributed by atoms with van der Waals surface area (Å²) < 4.78 is 0. The third kappa shape index (κ3) is 5.61. The third-order valence-corrected chi connectivity index (χ3v) is 3.42. The fourth-order valence-electron chi connectivity index (χ4n) is 2.06. The van der Waals surface area contributed by atoms with E-state index in [0.717, 1.165) is 0 Å². The molecule has 108 valence electrons. The van der Waals surface area contributed by atoms with Gasteiger partial charge in [0, 0.05) is 0 Å². The zero-order valence-electron chi connectivity index (χ0n) is 13.8. The average molecular weight is 268 g/mol. The Hall–Kier alpha value is -1.56. The molecule has 0 heterocycles. The molecule has 0 spiro atoms. The molecular weight excluding hydrogens is 240 g/mol. The van der Waals surface area contributed by atoms with Crippen molar-refractivity contribution in [2.24, 2.45) is 0 Å². The molecule has 0 aliphatic carbocycles. The maximum absolute atomic E-state index is 2.24. The Kier molecular flexibility index (Phi) is 6.51. The van der Waals surface area contributed by atoms with Gasteiger partial charge in [-0.25, -0.2) is 0 Å². The van der Waals surface area contributed by atoms with Gasteiger partial charge < -0.3 is 0 Å². The van der Waals surface area contributed by atoms with Gasteiger partial charge in [-0.2, -0.15) is 0 Å². The maximum atomic E-state index is 2.24. The van der Waals surface area contributed by atoms with Crippen molar-refractivity contribution in [1.29, 1.82) is 0 Å². The van der Waals surface area contributed by atoms with Crippen LogP contribution in [0, 0.1) is 13.8 Å². The first-order chi connectivity index (χ1) is 9.40. The summed E-state index contributed by atoms with van der Waals surface area (Å²) in [6.07, 6.45) is 0. The Morgan fingerprint density at radius 2 is 0.950 bits per heavy atom. The van der Waals surface area contributed by atoms with E-state index in [2.05, 4.69) is 90.1 Å². The molecule has 0 saturated heterocycles. The van der Waals surface area contributed by atoms with E-state index in [1.165, 1.54) is 22.3 Å². The summed E-state index contributed by atoms with van der Waals surface area (Å²) in [5.41, 5.74) is 5.57. The maximum Gasteiger partial charge on any atom is -0.0219 e. The summed E-state index contributed by atoms with van der Waals surface area (Å²) in [5.74, 6) is 1.31. The first kappa shape index (κ1) is 16.5. The molecule has 0 amide bonds. The van der Waals surface area contributed by atoms with Crippen LogP contribution in [0.5, 0.6) is 0 Å². The van der Waals surface area contributed by atoms with Crippen molar-refractivity contribution < 1.29 is 0 Å². The van der Waals surface area contributed by atoms with Gasteiger partial charge in [0.05, 0.1) is 0 Å². The Morgan fingerprint density at radius 3 is 1.15 bits per heavy atom. The van der Waals surface area contributed by atoms with E-state index in [4.69, 9.17) is 0 Å². The van der Waals surface area contributed by atoms with Crippen LogP contribution < -0.4 is 0 Å². The molecule has 0 unspecified atom stereocenters. The van der Waals surface area contributed by atoms with E-state index >= 15 is 0 Å². The zero-order chi connectivity index (χ0) is 15.1. The van der Waals surface area contributed by atoms with Crippen molar-refractivity contribution in [3.63, 3.8) is 0 Å². The van der Waals surface area contributed by atoms with Crippen LogP contribution in [0.1, 0.15) is 61.8 Å². The minimum Gasteiger partial charge on any atom is -0.0617 e. The Balaban J connectivity index is 0.000000200. The normalized spacial score (nSPS) is 10.4. The zero-order valence-corrected chi connectivity index (χ0v) is 13.8. The predicted octanol–water partition coefficient (Wildman–Crippen LogP) is 6.24. The first-order valence-corrected chi connectivity index (χ1v) is 7.53. The summed E-state index contributed by atoms with van der Waals surface area (Å²) in [6, 6.07) is 17.3. The van der Waals surface area contributed by atoms with Gasteiger partial charge in [0.15, 0.2) is 0 Å². The lowest BCUT2D eigenvalue weighted by Gasteiger charge is -2.04. The van der Waals surface area contributed by atoms with Crippen molar-refractivity contribution in [1.82, 2.24) is 0 Å². The van der Waals surface area contributed by atoms with Gasteiger partial charge in [-0.05, 0) is 36.8 Å². The van der Waals surface area contributed by atoms with Gasteiger partial charge in [-0.3, -0.25) is 0 Å². The first-order valence-electron chi connectivity index (χ1n) is 7.53. The third-order valence-electron chi connectivity index (χ3n) is 3.42. The van der Waals surface area contributed by atoms with Crippen LogP contribution in [0.3, 0.4) is 0 Å². The highest BCUT2D eigenvalue weighted by Crippen LogP contribution is 2.15. The quantitative estimate of drug-likeness (QED) is 0.605. The van der Waals surface area contributed by atoms with Crippen molar-refractivity contribution in [2.45, 2.75) is 53.4 Å². The van der Waals surface area contributed by atoms with Crippen LogP contribution in [0.15, 0.2) is 48.5 Å². The van der Waals surface area contributed by atoms with Crippen LogP contribution in [-0.2, 0) is 0 Å². The van der Waals surface area contributed by atoms with E-state index < -0.39 is 0 Å². The van der Waals surface area contributed by atoms with E-state index in [-0.39, 0.29) is 0 Å². The second kappa shape index (κ2) is 7.89. The molecule has 2 aromatic rings. The van der Waals surface area contributed by atoms with Gasteiger partial charge in [-0.15, -0.1) is 0 Å². The fraction of sp³-hybridized carbons (Fsp3) is 0.400. The molecule has 0 nitrogen and oxygen atoms in total. The van der Waals surface area contributed by atoms with Crippen LogP contribution in [0.2, 0.25) is 0 Å². The fourth-order valence-corrected chi connectivity index (χ4v) is 2.06. The van der Waals surface area contributed by atoms with Gasteiger partial charge in [0.1, 0.15) is 0 Å². The van der Waals surface area contributed by atoms with E-state index in [1.54, 1.807) is 0 Å². The molecule has 0 heteroatoms. The average Bonchev–Trinajstić information content (AvgIpc) is 2.39. The smallest absolute Gasteiger partial charge is 0.0219 e. The molecule has 20 heavy (non-hydrogen) atoms. The topological polar surface area (TPSA) is 0 Å². The second-order valence-electron chi connectivity index (χ2n) is 6.14. The van der Waals surface area contributed by atoms with E-state index in [0.29, 0.717) is 11.8 Å². The van der Waals surface area contributed by atoms with Crippen LogP contribution in [-0.4, -0.2) is 0 Å². The van der Waals surface area contributed by atoms with Crippen molar-refractivity contribution in [3.05, 3.63) is 70.8 Å². The predicted molar refractivity (Wildman–Crippen MR) is 90.5 cm³/mol. The highest BCUT2D eigenvalue weighted by molar-refractivity contribution is 5.25. The summed E-state index contributed by atoms with van der Waals surface area (Å²) in [6.45, 7) is 13.1. The van der Waals surface area contributed by atoms with Crippen LogP contribution in [0.4, 0.5) is 0 Å². The summed E-state index contributed by atoms with van der Waals surface area (Å²) in [4.78, 5) is 0. The molecule has 0 aliphatic heterocycles. The number of rotatable bonds is 2. The summed E-state index contributed by atoms with van der Waals surface area (Å²) >= 11 is 0.